The molecule has 0 unspecified atom stereocenters. The lowest BCUT2D eigenvalue weighted by molar-refractivity contribution is -0.687. The zero-order chi connectivity index (χ0) is 24.2. The minimum Gasteiger partial charge on any atom is -0.478 e. The number of tetrazole rings is 1. The zero-order valence-electron chi connectivity index (χ0n) is 18.1. The molecule has 0 saturated carbocycles. The molecule has 0 aliphatic carbocycles. The number of aromatic nitrogens is 5. The second-order valence-electron chi connectivity index (χ2n) is 7.27. The van der Waals surface area contributed by atoms with E-state index in [1.807, 2.05) is 60.7 Å². The highest BCUT2D eigenvalue weighted by Crippen LogP contribution is 2.21. The van der Waals surface area contributed by atoms with E-state index >= 15 is 0 Å². The maximum atomic E-state index is 12.7. The van der Waals surface area contributed by atoms with Crippen molar-refractivity contribution in [1.82, 2.24) is 25.6 Å². The number of carbonyl (C=O) groups excluding carboxylic acids is 1. The summed E-state index contributed by atoms with van der Waals surface area (Å²) in [6.45, 7) is 0. The van der Waals surface area contributed by atoms with Crippen molar-refractivity contribution in [3.05, 3.63) is 101 Å². The molecule has 10 nitrogen and oxygen atoms in total. The van der Waals surface area contributed by atoms with Crippen molar-refractivity contribution < 1.29 is 19.4 Å². The smallest absolute Gasteiger partial charge is 0.336 e. The van der Waals surface area contributed by atoms with E-state index < -0.39 is 11.9 Å². The molecule has 1 amide bonds. The fourth-order valence-electron chi connectivity index (χ4n) is 3.34. The van der Waals surface area contributed by atoms with E-state index in [2.05, 4.69) is 26.3 Å². The fourth-order valence-corrected chi connectivity index (χ4v) is 4.31. The number of carboxylic acid groups (broad SMARTS) is 1. The maximum Gasteiger partial charge on any atom is 0.336 e. The molecule has 0 atom stereocenters. The molecule has 5 rings (SSSR count). The van der Waals surface area contributed by atoms with E-state index in [1.54, 1.807) is 22.9 Å². The van der Waals surface area contributed by atoms with Crippen molar-refractivity contribution in [2.45, 2.75) is 0 Å². The number of aromatic carboxylic acids is 1. The highest BCUT2D eigenvalue weighted by molar-refractivity contribution is 7.20. The van der Waals surface area contributed by atoms with Gasteiger partial charge < -0.3 is 5.11 Å². The normalized spacial score (nSPS) is 11.1. The number of hydrogen-bond acceptors (Lipinski definition) is 7. The number of rotatable bonds is 7. The van der Waals surface area contributed by atoms with Crippen LogP contribution in [-0.2, 0) is 0 Å². The minimum atomic E-state index is -1.20. The number of carbonyl (C=O) groups is 2. The number of thiazole rings is 1. The van der Waals surface area contributed by atoms with Crippen LogP contribution in [0.4, 0.5) is 0 Å². The molecule has 2 heterocycles. The Kier molecular flexibility index (Phi) is 5.97. The molecule has 3 aromatic carbocycles. The third-order valence-electron chi connectivity index (χ3n) is 5.00. The number of amides is 1. The first-order valence-electron chi connectivity index (χ1n) is 10.5. The highest BCUT2D eigenvalue weighted by Gasteiger charge is 2.23. The Hall–Kier alpha value is -4.90. The van der Waals surface area contributed by atoms with E-state index in [4.69, 9.17) is 0 Å². The van der Waals surface area contributed by atoms with E-state index in [-0.39, 0.29) is 11.1 Å². The second kappa shape index (κ2) is 9.53. The van der Waals surface area contributed by atoms with Gasteiger partial charge in [0.15, 0.2) is 0 Å². The standard InChI is InChI=1S/C24H17N7O3S/c32-22(17-10-4-5-11-18(17)23(33)34)27-29-31-28-26-21(15-14-16-8-2-1-3-9-16)30(31)24-25-19-12-6-7-13-20(19)35-24/h1-15,28H,(H,33,34)/p+1/b15-14+. The largest absolute Gasteiger partial charge is 0.478 e. The predicted molar refractivity (Wildman–Crippen MR) is 130 cm³/mol. The van der Waals surface area contributed by atoms with Crippen molar-refractivity contribution in [2.75, 3.05) is 5.53 Å². The molecule has 3 N–H and O–H groups in total. The van der Waals surface area contributed by atoms with Gasteiger partial charge in [-0.15, -0.1) is 10.5 Å². The van der Waals surface area contributed by atoms with Gasteiger partial charge in [-0.05, 0) is 35.9 Å². The second-order valence-corrected chi connectivity index (χ2v) is 8.28. The molecule has 0 spiro atoms. The van der Waals surface area contributed by atoms with Gasteiger partial charge in [0.2, 0.25) is 0 Å². The summed E-state index contributed by atoms with van der Waals surface area (Å²) in [5.41, 5.74) is 6.84. The summed E-state index contributed by atoms with van der Waals surface area (Å²) in [5.74, 6) is -1.38. The number of benzene rings is 3. The van der Waals surface area contributed by atoms with Gasteiger partial charge in [0.25, 0.3) is 16.9 Å². The molecule has 0 saturated heterocycles. The summed E-state index contributed by atoms with van der Waals surface area (Å²) in [4.78, 5) is 30.1. The first-order valence-corrected chi connectivity index (χ1v) is 11.3. The molecule has 5 aromatic rings. The molecule has 0 radical (unpaired) electrons. The van der Waals surface area contributed by atoms with Crippen LogP contribution in [0.1, 0.15) is 32.1 Å². The van der Waals surface area contributed by atoms with Gasteiger partial charge in [0.1, 0.15) is 10.7 Å². The predicted octanol–water partition coefficient (Wildman–Crippen LogP) is 2.92. The number of carboxylic acids is 1. The average molecular weight is 485 g/mol. The van der Waals surface area contributed by atoms with Crippen molar-refractivity contribution in [1.29, 1.82) is 0 Å². The Bertz CT molecular complexity index is 1530. The topological polar surface area (TPSA) is 126 Å². The van der Waals surface area contributed by atoms with E-state index in [9.17, 15) is 14.7 Å². The molecular formula is C24H18N7O3S+. The molecular weight excluding hydrogens is 466 g/mol. The van der Waals surface area contributed by atoms with Crippen LogP contribution in [0.2, 0.25) is 0 Å². The molecule has 0 fully saturated rings. The van der Waals surface area contributed by atoms with Crippen molar-refractivity contribution in [3.8, 4) is 5.13 Å². The third kappa shape index (κ3) is 4.61. The lowest BCUT2D eigenvalue weighted by Crippen LogP contribution is -2.52. The number of hydrazine groups is 1. The van der Waals surface area contributed by atoms with Crippen molar-refractivity contribution in [2.24, 2.45) is 0 Å². The van der Waals surface area contributed by atoms with Crippen LogP contribution in [0.25, 0.3) is 27.5 Å². The van der Waals surface area contributed by atoms with Crippen molar-refractivity contribution in [3.63, 3.8) is 0 Å². The maximum absolute atomic E-state index is 12.7. The van der Waals surface area contributed by atoms with Gasteiger partial charge in [-0.25, -0.2) is 10.2 Å². The number of hydrogen-bond donors (Lipinski definition) is 3. The van der Waals surface area contributed by atoms with E-state index in [0.29, 0.717) is 11.0 Å². The Morgan fingerprint density at radius 3 is 2.40 bits per heavy atom. The number of nitrogens with one attached hydrogen (secondary N) is 2. The summed E-state index contributed by atoms with van der Waals surface area (Å²) in [5, 5.41) is 18.3. The average Bonchev–Trinajstić information content (AvgIpc) is 3.50. The molecule has 0 aliphatic rings. The monoisotopic (exact) mass is 484 g/mol. The van der Waals surface area contributed by atoms with Crippen LogP contribution in [-0.4, -0.2) is 37.2 Å². The zero-order valence-corrected chi connectivity index (χ0v) is 18.9. The number of nitrogens with zero attached hydrogens (tertiary/aromatic N) is 5. The SMILES string of the molecule is O=C(O)c1ccccc1C(=O)NNn1nnc(/C=C/c2ccccc2)[n+]1-c1nc2ccccc2s1. The van der Waals surface area contributed by atoms with Gasteiger partial charge >= 0.3 is 5.97 Å². The summed E-state index contributed by atoms with van der Waals surface area (Å²) in [7, 11) is 0. The molecule has 172 valence electrons. The van der Waals surface area contributed by atoms with Gasteiger partial charge in [0, 0.05) is 16.1 Å². The van der Waals surface area contributed by atoms with Crippen LogP contribution in [0, 0.1) is 0 Å². The van der Waals surface area contributed by atoms with Crippen molar-refractivity contribution >= 4 is 45.6 Å². The quantitative estimate of drug-likeness (QED) is 0.240. The molecule has 35 heavy (non-hydrogen) atoms. The number of para-hydroxylation sites is 1. The number of fused-ring (bicyclic) bond motifs is 1. The summed E-state index contributed by atoms with van der Waals surface area (Å²) in [6, 6.07) is 23.4. The third-order valence-corrected chi connectivity index (χ3v) is 6.01. The lowest BCUT2D eigenvalue weighted by Gasteiger charge is -2.07. The van der Waals surface area contributed by atoms with Gasteiger partial charge in [-0.1, -0.05) is 70.6 Å². The van der Waals surface area contributed by atoms with E-state index in [0.717, 1.165) is 15.8 Å². The van der Waals surface area contributed by atoms with Gasteiger partial charge in [0.05, 0.1) is 15.8 Å². The first kappa shape index (κ1) is 21.9. The fraction of sp³-hybridized carbons (Fsp3) is 0. The van der Waals surface area contributed by atoms with E-state index in [1.165, 1.54) is 28.4 Å². The Morgan fingerprint density at radius 1 is 0.914 bits per heavy atom. The van der Waals surface area contributed by atoms with Gasteiger partial charge in [-0.3, -0.25) is 4.79 Å². The van der Waals surface area contributed by atoms with Crippen LogP contribution < -0.4 is 15.6 Å². The Labute approximate surface area is 202 Å². The molecule has 11 heteroatoms. The summed E-state index contributed by atoms with van der Waals surface area (Å²) >= 11 is 1.43. The van der Waals surface area contributed by atoms with Crippen LogP contribution in [0.5, 0.6) is 0 Å². The minimum absolute atomic E-state index is 0.00310. The molecule has 0 aliphatic heterocycles. The van der Waals surface area contributed by atoms with Crippen LogP contribution >= 0.6 is 11.3 Å². The molecule has 0 bridgehead atoms. The molecule has 2 aromatic heterocycles. The van der Waals surface area contributed by atoms with Crippen LogP contribution in [0.3, 0.4) is 0 Å². The van der Waals surface area contributed by atoms with Crippen LogP contribution in [0.15, 0.2) is 78.9 Å². The Morgan fingerprint density at radius 2 is 1.63 bits per heavy atom. The lowest BCUT2D eigenvalue weighted by atomic mass is 10.1. The van der Waals surface area contributed by atoms with Gasteiger partial charge in [-0.2, -0.15) is 0 Å². The summed E-state index contributed by atoms with van der Waals surface area (Å²) in [6.07, 6.45) is 3.67. The highest BCUT2D eigenvalue weighted by atomic mass is 32.1. The Balaban J connectivity index is 1.49. The first-order chi connectivity index (χ1) is 17.1. The summed E-state index contributed by atoms with van der Waals surface area (Å²) < 4.78 is 2.58.